The van der Waals surface area contributed by atoms with E-state index in [0.717, 1.165) is 0 Å². The van der Waals surface area contributed by atoms with Gasteiger partial charge in [-0.15, -0.1) is 0 Å². The van der Waals surface area contributed by atoms with Crippen molar-refractivity contribution in [1.29, 1.82) is 0 Å². The van der Waals surface area contributed by atoms with Gasteiger partial charge in [0.05, 0.1) is 22.6 Å². The van der Waals surface area contributed by atoms with E-state index >= 15 is 0 Å². The Morgan fingerprint density at radius 1 is 1.19 bits per heavy atom. The molecule has 1 amide bonds. The average Bonchev–Trinajstić information content (AvgIpc) is 3.12. The molecule has 0 saturated heterocycles. The van der Waals surface area contributed by atoms with Crippen molar-refractivity contribution in [2.24, 2.45) is 0 Å². The summed E-state index contributed by atoms with van der Waals surface area (Å²) < 4.78 is 10.5. The Hall–Kier alpha value is -3.32. The Bertz CT molecular complexity index is 983. The molecule has 1 heterocycles. The summed E-state index contributed by atoms with van der Waals surface area (Å²) in [7, 11) is 1.49. The molecule has 1 N–H and O–H groups in total. The first-order valence-electron chi connectivity index (χ1n) is 7.48. The van der Waals surface area contributed by atoms with E-state index < -0.39 is 10.8 Å². The summed E-state index contributed by atoms with van der Waals surface area (Å²) >= 11 is 6.03. The lowest BCUT2D eigenvalue weighted by Crippen LogP contribution is -2.10. The molecule has 0 aliphatic heterocycles. The van der Waals surface area contributed by atoms with Gasteiger partial charge in [-0.05, 0) is 36.4 Å². The molecule has 0 fully saturated rings. The highest BCUT2D eigenvalue weighted by Crippen LogP contribution is 2.31. The van der Waals surface area contributed by atoms with Crippen LogP contribution in [-0.2, 0) is 0 Å². The van der Waals surface area contributed by atoms with Gasteiger partial charge in [0.25, 0.3) is 11.6 Å². The third-order valence-corrected chi connectivity index (χ3v) is 3.90. The van der Waals surface area contributed by atoms with Crippen LogP contribution in [-0.4, -0.2) is 17.9 Å². The van der Waals surface area contributed by atoms with Crippen LogP contribution in [0.2, 0.25) is 5.02 Å². The molecule has 0 unspecified atom stereocenters. The van der Waals surface area contributed by atoms with Crippen molar-refractivity contribution in [3.63, 3.8) is 0 Å². The molecule has 3 aromatic rings. The third kappa shape index (κ3) is 3.52. The average molecular weight is 373 g/mol. The van der Waals surface area contributed by atoms with Crippen LogP contribution in [0.5, 0.6) is 5.75 Å². The summed E-state index contributed by atoms with van der Waals surface area (Å²) in [5.74, 6) is 0.234. The van der Waals surface area contributed by atoms with Crippen LogP contribution < -0.4 is 10.1 Å². The number of nitrogens with one attached hydrogen (secondary N) is 1. The molecular weight excluding hydrogens is 360 g/mol. The molecule has 7 nitrogen and oxygen atoms in total. The van der Waals surface area contributed by atoms with E-state index in [4.69, 9.17) is 20.8 Å². The zero-order chi connectivity index (χ0) is 18.7. The third-order valence-electron chi connectivity index (χ3n) is 3.61. The standard InChI is InChI=1S/C18H13ClN2O5/c1-25-16-7-6-11(10-13(16)19)20-18(22)17-9-8-15(26-17)12-4-2-3-5-14(12)21(23)24/h2-10H,1H3,(H,20,22). The molecule has 0 bridgehead atoms. The highest BCUT2D eigenvalue weighted by molar-refractivity contribution is 6.32. The number of hydrogen-bond acceptors (Lipinski definition) is 5. The molecule has 2 aromatic carbocycles. The molecular formula is C18H13ClN2O5. The smallest absolute Gasteiger partial charge is 0.291 e. The van der Waals surface area contributed by atoms with E-state index in [2.05, 4.69) is 5.32 Å². The van der Waals surface area contributed by atoms with E-state index in [0.29, 0.717) is 22.0 Å². The lowest BCUT2D eigenvalue weighted by atomic mass is 10.1. The first kappa shape index (κ1) is 17.5. The number of halogens is 1. The van der Waals surface area contributed by atoms with Gasteiger partial charge in [0.2, 0.25) is 0 Å². The number of benzene rings is 2. The monoisotopic (exact) mass is 372 g/mol. The molecule has 0 aliphatic carbocycles. The molecule has 0 saturated carbocycles. The quantitative estimate of drug-likeness (QED) is 0.514. The Morgan fingerprint density at radius 2 is 1.96 bits per heavy atom. The fraction of sp³-hybridized carbons (Fsp3) is 0.0556. The Kier molecular flexibility index (Phi) is 4.90. The number of rotatable bonds is 5. The Morgan fingerprint density at radius 3 is 2.65 bits per heavy atom. The minimum atomic E-state index is -0.504. The number of carbonyl (C=O) groups excluding carboxylic acids is 1. The van der Waals surface area contributed by atoms with Gasteiger partial charge in [0.15, 0.2) is 5.76 Å². The van der Waals surface area contributed by atoms with Crippen LogP contribution in [0.25, 0.3) is 11.3 Å². The molecule has 0 aliphatic rings. The lowest BCUT2D eigenvalue weighted by Gasteiger charge is -2.07. The van der Waals surface area contributed by atoms with Crippen LogP contribution in [0.3, 0.4) is 0 Å². The van der Waals surface area contributed by atoms with Crippen molar-refractivity contribution < 1.29 is 18.9 Å². The number of hydrogen-bond donors (Lipinski definition) is 1. The minimum absolute atomic E-state index is 0.0186. The van der Waals surface area contributed by atoms with Crippen LogP contribution in [0.4, 0.5) is 11.4 Å². The molecule has 0 atom stereocenters. The number of carbonyl (C=O) groups is 1. The molecule has 8 heteroatoms. The van der Waals surface area contributed by atoms with Gasteiger partial charge in [-0.2, -0.15) is 0 Å². The number of anilines is 1. The molecule has 0 spiro atoms. The van der Waals surface area contributed by atoms with Gasteiger partial charge in [-0.3, -0.25) is 14.9 Å². The minimum Gasteiger partial charge on any atom is -0.495 e. The fourth-order valence-corrected chi connectivity index (χ4v) is 2.64. The summed E-state index contributed by atoms with van der Waals surface area (Å²) in [6.07, 6.45) is 0. The second-order valence-corrected chi connectivity index (χ2v) is 5.65. The predicted molar refractivity (Wildman–Crippen MR) is 96.8 cm³/mol. The first-order valence-corrected chi connectivity index (χ1v) is 7.86. The van der Waals surface area contributed by atoms with Gasteiger partial charge >= 0.3 is 0 Å². The van der Waals surface area contributed by atoms with Crippen molar-refractivity contribution in [3.05, 3.63) is 75.5 Å². The summed E-state index contributed by atoms with van der Waals surface area (Å²) in [6.45, 7) is 0. The number of methoxy groups -OCH3 is 1. The summed E-state index contributed by atoms with van der Waals surface area (Å²) in [5, 5.41) is 14.1. The van der Waals surface area contributed by atoms with E-state index in [-0.39, 0.29) is 17.2 Å². The highest BCUT2D eigenvalue weighted by atomic mass is 35.5. The molecule has 132 valence electrons. The number of nitro groups is 1. The summed E-state index contributed by atoms with van der Waals surface area (Å²) in [6, 6.07) is 13.9. The zero-order valence-electron chi connectivity index (χ0n) is 13.6. The molecule has 26 heavy (non-hydrogen) atoms. The maximum absolute atomic E-state index is 12.3. The molecule has 3 rings (SSSR count). The number of para-hydroxylation sites is 1. The van der Waals surface area contributed by atoms with Gasteiger partial charge in [-0.1, -0.05) is 23.7 Å². The number of nitrogens with zero attached hydrogens (tertiary/aromatic N) is 1. The van der Waals surface area contributed by atoms with E-state index in [1.807, 2.05) is 0 Å². The number of ether oxygens (including phenoxy) is 1. The number of furan rings is 1. The van der Waals surface area contributed by atoms with Crippen molar-refractivity contribution in [3.8, 4) is 17.1 Å². The maximum Gasteiger partial charge on any atom is 0.291 e. The van der Waals surface area contributed by atoms with Crippen LogP contribution in [0.15, 0.2) is 59.0 Å². The van der Waals surface area contributed by atoms with E-state index in [1.165, 1.54) is 25.3 Å². The topological polar surface area (TPSA) is 94.6 Å². The number of nitro benzene ring substituents is 1. The second-order valence-electron chi connectivity index (χ2n) is 5.24. The van der Waals surface area contributed by atoms with Gasteiger partial charge in [-0.25, -0.2) is 0 Å². The van der Waals surface area contributed by atoms with Crippen molar-refractivity contribution in [2.75, 3.05) is 12.4 Å². The van der Waals surface area contributed by atoms with Crippen LogP contribution >= 0.6 is 11.6 Å². The van der Waals surface area contributed by atoms with Gasteiger partial charge in [0, 0.05) is 11.8 Å². The van der Waals surface area contributed by atoms with Crippen molar-refractivity contribution >= 4 is 28.9 Å². The van der Waals surface area contributed by atoms with E-state index in [1.54, 1.807) is 36.4 Å². The van der Waals surface area contributed by atoms with Crippen LogP contribution in [0.1, 0.15) is 10.6 Å². The van der Waals surface area contributed by atoms with Gasteiger partial charge < -0.3 is 14.5 Å². The fourth-order valence-electron chi connectivity index (χ4n) is 2.38. The normalized spacial score (nSPS) is 10.4. The van der Waals surface area contributed by atoms with Crippen molar-refractivity contribution in [2.45, 2.75) is 0 Å². The predicted octanol–water partition coefficient (Wildman–Crippen LogP) is 4.77. The summed E-state index contributed by atoms with van der Waals surface area (Å²) in [4.78, 5) is 23.0. The maximum atomic E-state index is 12.3. The highest BCUT2D eigenvalue weighted by Gasteiger charge is 2.19. The zero-order valence-corrected chi connectivity index (χ0v) is 14.3. The Balaban J connectivity index is 1.83. The Labute approximate surface area is 153 Å². The first-order chi connectivity index (χ1) is 12.5. The van der Waals surface area contributed by atoms with E-state index in [9.17, 15) is 14.9 Å². The van der Waals surface area contributed by atoms with Crippen LogP contribution in [0, 0.1) is 10.1 Å². The molecule has 0 radical (unpaired) electrons. The van der Waals surface area contributed by atoms with Crippen molar-refractivity contribution in [1.82, 2.24) is 0 Å². The second kappa shape index (κ2) is 7.28. The molecule has 1 aromatic heterocycles. The lowest BCUT2D eigenvalue weighted by molar-refractivity contribution is -0.384. The van der Waals surface area contributed by atoms with Gasteiger partial charge in [0.1, 0.15) is 11.5 Å². The summed E-state index contributed by atoms with van der Waals surface area (Å²) in [5.41, 5.74) is 0.657. The largest absolute Gasteiger partial charge is 0.495 e. The number of amides is 1. The SMILES string of the molecule is COc1ccc(NC(=O)c2ccc(-c3ccccc3[N+](=O)[O-])o2)cc1Cl.